The summed E-state index contributed by atoms with van der Waals surface area (Å²) in [5, 5.41) is 0. The van der Waals surface area contributed by atoms with Crippen molar-refractivity contribution in [1.82, 2.24) is 9.80 Å². The van der Waals surface area contributed by atoms with Crippen LogP contribution in [0.3, 0.4) is 0 Å². The summed E-state index contributed by atoms with van der Waals surface area (Å²) in [6, 6.07) is 19.4. The maximum absolute atomic E-state index is 12.4. The number of likely N-dealkylation sites (tertiary alicyclic amines) is 2. The van der Waals surface area contributed by atoms with Gasteiger partial charge in [-0.15, -0.1) is 0 Å². The van der Waals surface area contributed by atoms with E-state index in [-0.39, 0.29) is 47.7 Å². The Morgan fingerprint density at radius 3 is 1.57 bits per heavy atom. The van der Waals surface area contributed by atoms with Crippen LogP contribution < -0.4 is 0 Å². The molecule has 2 saturated heterocycles. The van der Waals surface area contributed by atoms with Crippen LogP contribution in [0.25, 0.3) is 0 Å². The maximum Gasteiger partial charge on any atom is 0.410 e. The van der Waals surface area contributed by atoms with E-state index in [1.807, 2.05) is 93.3 Å². The first kappa shape index (κ1) is 38.0. The van der Waals surface area contributed by atoms with Gasteiger partial charge >= 0.3 is 24.3 Å². The van der Waals surface area contributed by atoms with Crippen LogP contribution in [0.2, 0.25) is 0 Å². The fourth-order valence-electron chi connectivity index (χ4n) is 5.33. The number of amides is 2. The lowest BCUT2D eigenvalue weighted by Gasteiger charge is -2.29. The van der Waals surface area contributed by atoms with Crippen molar-refractivity contribution in [2.75, 3.05) is 26.2 Å². The summed E-state index contributed by atoms with van der Waals surface area (Å²) in [7, 11) is 0. The van der Waals surface area contributed by atoms with E-state index in [9.17, 15) is 14.4 Å². The van der Waals surface area contributed by atoms with Gasteiger partial charge in [0.2, 0.25) is 0 Å². The van der Waals surface area contributed by atoms with Crippen LogP contribution in [0.15, 0.2) is 60.7 Å². The number of ether oxygens (including phenoxy) is 3. The summed E-state index contributed by atoms with van der Waals surface area (Å²) in [5.41, 5.74) is 1.38. The van der Waals surface area contributed by atoms with E-state index >= 15 is 0 Å². The van der Waals surface area contributed by atoms with E-state index in [4.69, 9.17) is 23.8 Å². The van der Waals surface area contributed by atoms with Gasteiger partial charge in [0.1, 0.15) is 18.8 Å². The summed E-state index contributed by atoms with van der Waals surface area (Å²) in [5.74, 6) is 0.493. The molecular weight excluding hydrogens is 588 g/mol. The number of esters is 1. The van der Waals surface area contributed by atoms with Crippen LogP contribution in [0.5, 0.6) is 0 Å². The van der Waals surface area contributed by atoms with Gasteiger partial charge in [0.25, 0.3) is 0 Å². The lowest BCUT2D eigenvalue weighted by molar-refractivity contribution is -0.191. The number of carbonyl (C=O) groups is 3. The first-order valence-electron chi connectivity index (χ1n) is 15.6. The standard InChI is InChI=1S/C20H29NO4.C15H21NO2.CO2/c1-15-12-21(18(23)24-13-16-9-7-6-8-10-16)14-20(15,5)11-17(22)25-19(2,3)4;1-12-9-16(11-15(12,2)3)14(17)18-10-13-7-5-4-6-8-13;2-1-3/h6-10,15H,11-14H2,1-5H3;4-8,12H,9-11H2,1-3H3;/t15-,20+;12-;/m00./s1. The quantitative estimate of drug-likeness (QED) is 0.252. The number of nitrogens with zero attached hydrogens (tertiary/aromatic N) is 2. The summed E-state index contributed by atoms with van der Waals surface area (Å²) in [4.78, 5) is 56.3. The van der Waals surface area contributed by atoms with Crippen LogP contribution in [0.1, 0.15) is 72.9 Å². The first-order valence-corrected chi connectivity index (χ1v) is 15.6. The molecule has 0 aromatic heterocycles. The highest BCUT2D eigenvalue weighted by Crippen LogP contribution is 2.39. The second kappa shape index (κ2) is 16.9. The molecular formula is C36H50N2O8. The zero-order valence-electron chi connectivity index (χ0n) is 28.5. The van der Waals surface area contributed by atoms with Gasteiger partial charge in [0, 0.05) is 26.2 Å². The van der Waals surface area contributed by atoms with Gasteiger partial charge in [-0.25, -0.2) is 9.59 Å². The van der Waals surface area contributed by atoms with Crippen molar-refractivity contribution in [3.05, 3.63) is 71.8 Å². The molecule has 2 aromatic rings. The summed E-state index contributed by atoms with van der Waals surface area (Å²) < 4.78 is 16.2. The molecule has 0 saturated carbocycles. The number of benzene rings is 2. The molecule has 0 aliphatic carbocycles. The Morgan fingerprint density at radius 1 is 0.761 bits per heavy atom. The van der Waals surface area contributed by atoms with Crippen LogP contribution in [-0.2, 0) is 41.8 Å². The van der Waals surface area contributed by atoms with Crippen LogP contribution >= 0.6 is 0 Å². The summed E-state index contributed by atoms with van der Waals surface area (Å²) in [6.07, 6.45) is 0.0216. The molecule has 0 unspecified atom stereocenters. The molecule has 0 bridgehead atoms. The molecule has 0 radical (unpaired) electrons. The molecule has 2 aliphatic rings. The van der Waals surface area contributed by atoms with Crippen molar-refractivity contribution < 1.29 is 38.2 Å². The zero-order valence-corrected chi connectivity index (χ0v) is 28.5. The van der Waals surface area contributed by atoms with Gasteiger partial charge in [-0.1, -0.05) is 95.3 Å². The minimum absolute atomic E-state index is 0.186. The monoisotopic (exact) mass is 638 g/mol. The van der Waals surface area contributed by atoms with Crippen molar-refractivity contribution in [3.8, 4) is 0 Å². The topological polar surface area (TPSA) is 120 Å². The molecule has 0 spiro atoms. The third-order valence-corrected chi connectivity index (χ3v) is 8.56. The van der Waals surface area contributed by atoms with Crippen molar-refractivity contribution in [3.63, 3.8) is 0 Å². The molecule has 0 N–H and O–H groups in total. The maximum atomic E-state index is 12.4. The average Bonchev–Trinajstić information content (AvgIpc) is 3.43. The predicted octanol–water partition coefficient (Wildman–Crippen LogP) is 6.73. The van der Waals surface area contributed by atoms with Crippen molar-refractivity contribution in [1.29, 1.82) is 0 Å². The second-order valence-electron chi connectivity index (χ2n) is 14.1. The molecule has 3 atom stereocenters. The van der Waals surface area contributed by atoms with E-state index in [0.29, 0.717) is 32.0 Å². The fourth-order valence-corrected chi connectivity index (χ4v) is 5.33. The molecule has 2 heterocycles. The number of hydrogen-bond acceptors (Lipinski definition) is 8. The fraction of sp³-hybridized carbons (Fsp3) is 0.556. The van der Waals surface area contributed by atoms with Gasteiger partial charge in [-0.2, -0.15) is 9.59 Å². The van der Waals surface area contributed by atoms with Crippen molar-refractivity contribution in [2.45, 2.75) is 80.6 Å². The smallest absolute Gasteiger partial charge is 0.410 e. The van der Waals surface area contributed by atoms with Gasteiger partial charge in [-0.3, -0.25) is 4.79 Å². The van der Waals surface area contributed by atoms with E-state index in [0.717, 1.165) is 24.2 Å². The van der Waals surface area contributed by atoms with Crippen LogP contribution in [0.4, 0.5) is 9.59 Å². The molecule has 252 valence electrons. The second-order valence-corrected chi connectivity index (χ2v) is 14.1. The van der Waals surface area contributed by atoms with Gasteiger partial charge in [-0.05, 0) is 54.6 Å². The lowest BCUT2D eigenvalue weighted by Crippen LogP contribution is -2.34. The van der Waals surface area contributed by atoms with Crippen molar-refractivity contribution >= 4 is 24.3 Å². The highest BCUT2D eigenvalue weighted by molar-refractivity contribution is 5.72. The predicted molar refractivity (Wildman–Crippen MR) is 172 cm³/mol. The number of carbonyl (C=O) groups excluding carboxylic acids is 5. The molecule has 10 heteroatoms. The number of hydrogen-bond donors (Lipinski definition) is 0. The number of rotatable bonds is 6. The van der Waals surface area contributed by atoms with E-state index in [1.165, 1.54) is 0 Å². The Hall–Kier alpha value is -4.17. The molecule has 2 aromatic carbocycles. The minimum atomic E-state index is -0.496. The SMILES string of the molecule is C[C@H]1CN(C(=O)OCc2ccccc2)CC1(C)C.C[C@H]1CN(C(=O)OCc2ccccc2)C[C@@]1(C)CC(=O)OC(C)(C)C.O=C=O. The van der Waals surface area contributed by atoms with Gasteiger partial charge < -0.3 is 24.0 Å². The molecule has 2 fully saturated rings. The minimum Gasteiger partial charge on any atom is -0.460 e. The Labute approximate surface area is 273 Å². The van der Waals surface area contributed by atoms with E-state index < -0.39 is 5.60 Å². The molecule has 2 amide bonds. The third kappa shape index (κ3) is 12.3. The summed E-state index contributed by atoms with van der Waals surface area (Å²) >= 11 is 0. The van der Waals surface area contributed by atoms with E-state index in [2.05, 4.69) is 27.7 Å². The van der Waals surface area contributed by atoms with Gasteiger partial charge in [0.05, 0.1) is 6.42 Å². The Morgan fingerprint density at radius 2 is 1.17 bits per heavy atom. The highest BCUT2D eigenvalue weighted by Gasteiger charge is 2.45. The Balaban J connectivity index is 0.000000308. The average molecular weight is 639 g/mol. The zero-order chi connectivity index (χ0) is 34.5. The Kier molecular flexibility index (Phi) is 14.0. The third-order valence-electron chi connectivity index (χ3n) is 8.56. The molecule has 10 nitrogen and oxygen atoms in total. The largest absolute Gasteiger partial charge is 0.460 e. The molecule has 4 rings (SSSR count). The van der Waals surface area contributed by atoms with Crippen LogP contribution in [0, 0.1) is 22.7 Å². The Bertz CT molecular complexity index is 1300. The molecule has 2 aliphatic heterocycles. The summed E-state index contributed by atoms with van der Waals surface area (Å²) in [6.45, 7) is 19.5. The van der Waals surface area contributed by atoms with Crippen LogP contribution in [-0.4, -0.2) is 65.9 Å². The van der Waals surface area contributed by atoms with E-state index in [1.54, 1.807) is 4.90 Å². The van der Waals surface area contributed by atoms with Gasteiger partial charge in [0.15, 0.2) is 0 Å². The first-order chi connectivity index (χ1) is 21.5. The molecule has 46 heavy (non-hydrogen) atoms. The van der Waals surface area contributed by atoms with Crippen molar-refractivity contribution in [2.24, 2.45) is 22.7 Å². The highest BCUT2D eigenvalue weighted by atomic mass is 16.6. The lowest BCUT2D eigenvalue weighted by atomic mass is 9.78. The normalized spacial score (nSPS) is 21.5.